The van der Waals surface area contributed by atoms with Crippen LogP contribution in [0.3, 0.4) is 0 Å². The number of hydrogen-bond donors (Lipinski definition) is 1. The number of ether oxygens (including phenoxy) is 1. The Morgan fingerprint density at radius 3 is 2.85 bits per heavy atom. The van der Waals surface area contributed by atoms with E-state index in [1.165, 1.54) is 6.07 Å². The molecule has 0 spiro atoms. The Hall–Kier alpha value is -1.00. The first-order valence-corrected chi connectivity index (χ1v) is 7.33. The summed E-state index contributed by atoms with van der Waals surface area (Å²) in [6, 6.07) is 3.53. The monoisotopic (exact) mass is 283 g/mol. The van der Waals surface area contributed by atoms with E-state index in [9.17, 15) is 8.78 Å². The van der Waals surface area contributed by atoms with E-state index < -0.39 is 23.3 Å². The maximum absolute atomic E-state index is 14.0. The summed E-state index contributed by atoms with van der Waals surface area (Å²) in [5, 5.41) is 0. The largest absolute Gasteiger partial charge is 0.373 e. The van der Waals surface area contributed by atoms with Gasteiger partial charge in [-0.05, 0) is 31.7 Å². The molecule has 0 radical (unpaired) electrons. The van der Waals surface area contributed by atoms with Gasteiger partial charge in [-0.1, -0.05) is 31.9 Å². The Labute approximate surface area is 119 Å². The molecule has 1 fully saturated rings. The van der Waals surface area contributed by atoms with Crippen molar-refractivity contribution in [3.63, 3.8) is 0 Å². The minimum atomic E-state index is -0.853. The van der Waals surface area contributed by atoms with Crippen molar-refractivity contribution in [2.75, 3.05) is 6.61 Å². The van der Waals surface area contributed by atoms with Gasteiger partial charge >= 0.3 is 0 Å². The van der Waals surface area contributed by atoms with E-state index in [1.54, 1.807) is 6.07 Å². The molecule has 1 aromatic rings. The Morgan fingerprint density at radius 2 is 2.20 bits per heavy atom. The van der Waals surface area contributed by atoms with Gasteiger partial charge in [0.05, 0.1) is 11.6 Å². The summed E-state index contributed by atoms with van der Waals surface area (Å²) in [6.07, 6.45) is 3.72. The smallest absolute Gasteiger partial charge is 0.163 e. The predicted octanol–water partition coefficient (Wildman–Crippen LogP) is 3.95. The third-order valence-corrected chi connectivity index (χ3v) is 4.31. The van der Waals surface area contributed by atoms with Crippen LogP contribution < -0.4 is 5.73 Å². The first-order chi connectivity index (χ1) is 9.50. The molecule has 3 atom stereocenters. The van der Waals surface area contributed by atoms with E-state index in [2.05, 4.69) is 6.92 Å². The minimum absolute atomic E-state index is 0.215. The Morgan fingerprint density at radius 1 is 1.45 bits per heavy atom. The lowest BCUT2D eigenvalue weighted by atomic mass is 9.73. The molecule has 0 aliphatic heterocycles. The molecule has 112 valence electrons. The molecule has 0 saturated heterocycles. The summed E-state index contributed by atoms with van der Waals surface area (Å²) in [6.45, 7) is 4.59. The van der Waals surface area contributed by atoms with Crippen molar-refractivity contribution in [3.05, 3.63) is 35.4 Å². The molecule has 2 nitrogen and oxygen atoms in total. The molecule has 1 aliphatic carbocycles. The van der Waals surface area contributed by atoms with Gasteiger partial charge in [0.1, 0.15) is 0 Å². The maximum atomic E-state index is 14.0. The lowest BCUT2D eigenvalue weighted by Crippen LogP contribution is -2.47. The molecule has 20 heavy (non-hydrogen) atoms. The van der Waals surface area contributed by atoms with Gasteiger partial charge in [-0.25, -0.2) is 8.78 Å². The van der Waals surface area contributed by atoms with Crippen LogP contribution in [0.4, 0.5) is 8.78 Å². The molecule has 1 aromatic carbocycles. The van der Waals surface area contributed by atoms with Crippen LogP contribution in [0.25, 0.3) is 0 Å². The second-order valence-corrected chi connectivity index (χ2v) is 5.82. The van der Waals surface area contributed by atoms with Crippen molar-refractivity contribution >= 4 is 0 Å². The van der Waals surface area contributed by atoms with Crippen LogP contribution in [0.2, 0.25) is 0 Å². The van der Waals surface area contributed by atoms with E-state index in [4.69, 9.17) is 10.5 Å². The average molecular weight is 283 g/mol. The number of benzene rings is 1. The summed E-state index contributed by atoms with van der Waals surface area (Å²) in [7, 11) is 0. The SMILES string of the molecule is CCOC1(C(N)c2cccc(F)c2F)CCCC(C)C1. The average Bonchev–Trinajstić information content (AvgIpc) is 2.41. The maximum Gasteiger partial charge on any atom is 0.163 e. The van der Waals surface area contributed by atoms with Crippen LogP contribution in [0.1, 0.15) is 51.1 Å². The highest BCUT2D eigenvalue weighted by Crippen LogP contribution is 2.43. The van der Waals surface area contributed by atoms with Crippen LogP contribution in [-0.4, -0.2) is 12.2 Å². The van der Waals surface area contributed by atoms with Gasteiger partial charge in [-0.3, -0.25) is 0 Å². The molecule has 4 heteroatoms. The second kappa shape index (κ2) is 6.19. The van der Waals surface area contributed by atoms with Crippen LogP contribution in [0, 0.1) is 17.6 Å². The van der Waals surface area contributed by atoms with Gasteiger partial charge in [0.2, 0.25) is 0 Å². The number of hydrogen-bond acceptors (Lipinski definition) is 2. The number of nitrogens with two attached hydrogens (primary N) is 1. The van der Waals surface area contributed by atoms with Gasteiger partial charge in [0.15, 0.2) is 11.6 Å². The fraction of sp³-hybridized carbons (Fsp3) is 0.625. The predicted molar refractivity (Wildman–Crippen MR) is 75.3 cm³/mol. The van der Waals surface area contributed by atoms with Gasteiger partial charge in [-0.15, -0.1) is 0 Å². The Kier molecular flexibility index (Phi) is 4.76. The van der Waals surface area contributed by atoms with Gasteiger partial charge in [-0.2, -0.15) is 0 Å². The van der Waals surface area contributed by atoms with E-state index in [0.717, 1.165) is 31.7 Å². The number of rotatable bonds is 4. The van der Waals surface area contributed by atoms with Gasteiger partial charge < -0.3 is 10.5 Å². The van der Waals surface area contributed by atoms with E-state index >= 15 is 0 Å². The first kappa shape index (κ1) is 15.4. The molecule has 3 unspecified atom stereocenters. The second-order valence-electron chi connectivity index (χ2n) is 5.82. The van der Waals surface area contributed by atoms with Crippen LogP contribution in [0.15, 0.2) is 18.2 Å². The molecular weight excluding hydrogens is 260 g/mol. The third-order valence-electron chi connectivity index (χ3n) is 4.31. The molecule has 1 aliphatic rings. The summed E-state index contributed by atoms with van der Waals surface area (Å²) in [4.78, 5) is 0. The molecule has 0 amide bonds. The van der Waals surface area contributed by atoms with Crippen LogP contribution >= 0.6 is 0 Å². The zero-order valence-electron chi connectivity index (χ0n) is 12.2. The quantitative estimate of drug-likeness (QED) is 0.908. The van der Waals surface area contributed by atoms with E-state index in [0.29, 0.717) is 12.5 Å². The van der Waals surface area contributed by atoms with Crippen LogP contribution in [-0.2, 0) is 4.74 Å². The highest BCUT2D eigenvalue weighted by atomic mass is 19.2. The van der Waals surface area contributed by atoms with Crippen molar-refractivity contribution in [2.45, 2.75) is 51.2 Å². The topological polar surface area (TPSA) is 35.2 Å². The standard InChI is InChI=1S/C16H23F2NO/c1-3-20-16(9-5-6-11(2)10-16)15(19)12-7-4-8-13(17)14(12)18/h4,7-8,11,15H,3,5-6,9-10,19H2,1-2H3. The van der Waals surface area contributed by atoms with Crippen molar-refractivity contribution in [3.8, 4) is 0 Å². The number of halogens is 2. The summed E-state index contributed by atoms with van der Waals surface area (Å²) < 4.78 is 33.4. The molecule has 0 bridgehead atoms. The highest BCUT2D eigenvalue weighted by Gasteiger charge is 2.42. The lowest BCUT2D eigenvalue weighted by Gasteiger charge is -2.44. The first-order valence-electron chi connectivity index (χ1n) is 7.33. The molecular formula is C16H23F2NO. The third kappa shape index (κ3) is 2.86. The van der Waals surface area contributed by atoms with Crippen molar-refractivity contribution in [1.29, 1.82) is 0 Å². The Balaban J connectivity index is 2.35. The van der Waals surface area contributed by atoms with E-state index in [1.807, 2.05) is 6.92 Å². The normalized spacial score (nSPS) is 28.4. The molecule has 2 N–H and O–H groups in total. The molecule has 2 rings (SSSR count). The summed E-state index contributed by atoms with van der Waals surface area (Å²) in [5.41, 5.74) is 5.92. The van der Waals surface area contributed by atoms with Gasteiger partial charge in [0, 0.05) is 12.2 Å². The summed E-state index contributed by atoms with van der Waals surface area (Å²) >= 11 is 0. The van der Waals surface area contributed by atoms with Gasteiger partial charge in [0.25, 0.3) is 0 Å². The fourth-order valence-electron chi connectivity index (χ4n) is 3.38. The minimum Gasteiger partial charge on any atom is -0.373 e. The fourth-order valence-corrected chi connectivity index (χ4v) is 3.38. The zero-order valence-corrected chi connectivity index (χ0v) is 12.2. The van der Waals surface area contributed by atoms with Crippen LogP contribution in [0.5, 0.6) is 0 Å². The highest BCUT2D eigenvalue weighted by molar-refractivity contribution is 5.25. The van der Waals surface area contributed by atoms with Crippen molar-refractivity contribution in [1.82, 2.24) is 0 Å². The summed E-state index contributed by atoms with van der Waals surface area (Å²) in [5.74, 6) is -1.22. The van der Waals surface area contributed by atoms with Crippen molar-refractivity contribution in [2.24, 2.45) is 11.7 Å². The molecule has 0 aromatic heterocycles. The lowest BCUT2D eigenvalue weighted by molar-refractivity contribution is -0.0944. The van der Waals surface area contributed by atoms with E-state index in [-0.39, 0.29) is 5.56 Å². The van der Waals surface area contributed by atoms with Crippen molar-refractivity contribution < 1.29 is 13.5 Å². The molecule has 0 heterocycles. The zero-order chi connectivity index (χ0) is 14.8. The molecule has 1 saturated carbocycles. The Bertz CT molecular complexity index is 462.